The first-order valence-corrected chi connectivity index (χ1v) is 5.25. The van der Waals surface area contributed by atoms with Gasteiger partial charge in [0.15, 0.2) is 17.3 Å². The fourth-order valence-electron chi connectivity index (χ4n) is 1.46. The van der Waals surface area contributed by atoms with Crippen LogP contribution in [0.5, 0.6) is 5.75 Å². The van der Waals surface area contributed by atoms with E-state index in [9.17, 15) is 0 Å². The van der Waals surface area contributed by atoms with E-state index in [2.05, 4.69) is 10.3 Å². The number of aromatic nitrogens is 1. The molecule has 0 radical (unpaired) electrons. The molecule has 1 aromatic carbocycles. The molecule has 0 saturated carbocycles. The number of nitrogens with one attached hydrogen (secondary N) is 1. The molecule has 0 aliphatic rings. The number of methoxy groups -OCH3 is 1. The van der Waals surface area contributed by atoms with Crippen molar-refractivity contribution in [3.8, 4) is 17.1 Å². The molecule has 0 aliphatic heterocycles. The molecule has 0 unspecified atom stereocenters. The second-order valence-corrected chi connectivity index (χ2v) is 3.71. The van der Waals surface area contributed by atoms with E-state index in [1.165, 1.54) is 6.39 Å². The lowest BCUT2D eigenvalue weighted by Crippen LogP contribution is -2.18. The molecule has 0 bridgehead atoms. The van der Waals surface area contributed by atoms with Crippen molar-refractivity contribution in [2.45, 2.75) is 0 Å². The standard InChI is InChI=1S/C11H11N3O2S/c1-15-9-4-7(14-11(12)17)2-3-8(9)10-5-13-6-16-10/h2-6H,1H3,(H3,12,14,17). The topological polar surface area (TPSA) is 73.3 Å². The maximum atomic E-state index is 5.40. The van der Waals surface area contributed by atoms with Gasteiger partial charge in [-0.15, -0.1) is 0 Å². The summed E-state index contributed by atoms with van der Waals surface area (Å²) in [6.07, 6.45) is 2.99. The summed E-state index contributed by atoms with van der Waals surface area (Å²) in [4.78, 5) is 3.87. The lowest BCUT2D eigenvalue weighted by molar-refractivity contribution is 0.415. The van der Waals surface area contributed by atoms with Crippen LogP contribution in [0.15, 0.2) is 35.2 Å². The zero-order valence-electron chi connectivity index (χ0n) is 9.14. The van der Waals surface area contributed by atoms with Crippen LogP contribution < -0.4 is 15.8 Å². The van der Waals surface area contributed by atoms with E-state index in [1.807, 2.05) is 12.1 Å². The molecule has 2 aromatic rings. The lowest BCUT2D eigenvalue weighted by Gasteiger charge is -2.09. The minimum absolute atomic E-state index is 0.208. The maximum Gasteiger partial charge on any atom is 0.181 e. The minimum Gasteiger partial charge on any atom is -0.496 e. The molecule has 88 valence electrons. The Bertz CT molecular complexity index is 526. The molecule has 0 atom stereocenters. The van der Waals surface area contributed by atoms with Crippen molar-refractivity contribution in [2.24, 2.45) is 5.73 Å². The minimum atomic E-state index is 0.208. The van der Waals surface area contributed by atoms with E-state index >= 15 is 0 Å². The number of nitrogens with zero attached hydrogens (tertiary/aromatic N) is 1. The number of hydrogen-bond donors (Lipinski definition) is 2. The van der Waals surface area contributed by atoms with Crippen LogP contribution in [0.3, 0.4) is 0 Å². The van der Waals surface area contributed by atoms with Crippen LogP contribution in [0.2, 0.25) is 0 Å². The highest BCUT2D eigenvalue weighted by molar-refractivity contribution is 7.80. The lowest BCUT2D eigenvalue weighted by atomic mass is 10.1. The van der Waals surface area contributed by atoms with Gasteiger partial charge in [-0.3, -0.25) is 0 Å². The van der Waals surface area contributed by atoms with Crippen molar-refractivity contribution >= 4 is 23.0 Å². The number of anilines is 1. The SMILES string of the molecule is COc1cc(NC(N)=S)ccc1-c1cnco1. The molecule has 1 heterocycles. The number of ether oxygens (including phenoxy) is 1. The van der Waals surface area contributed by atoms with Gasteiger partial charge in [0.2, 0.25) is 0 Å². The number of nitrogens with two attached hydrogens (primary N) is 1. The highest BCUT2D eigenvalue weighted by Crippen LogP contribution is 2.32. The summed E-state index contributed by atoms with van der Waals surface area (Å²) in [5, 5.41) is 3.04. The van der Waals surface area contributed by atoms with Crippen molar-refractivity contribution in [1.82, 2.24) is 4.98 Å². The van der Waals surface area contributed by atoms with Gasteiger partial charge in [0.05, 0.1) is 18.9 Å². The molecule has 6 heteroatoms. The molecule has 0 aliphatic carbocycles. The molecule has 2 rings (SSSR count). The summed E-state index contributed by atoms with van der Waals surface area (Å²) < 4.78 is 10.5. The van der Waals surface area contributed by atoms with Crippen molar-refractivity contribution < 1.29 is 9.15 Å². The first kappa shape index (κ1) is 11.4. The van der Waals surface area contributed by atoms with Crippen LogP contribution in [0, 0.1) is 0 Å². The number of rotatable bonds is 3. The summed E-state index contributed by atoms with van der Waals surface area (Å²) in [5.74, 6) is 1.30. The van der Waals surface area contributed by atoms with E-state index in [-0.39, 0.29) is 5.11 Å². The highest BCUT2D eigenvalue weighted by atomic mass is 32.1. The largest absolute Gasteiger partial charge is 0.496 e. The Morgan fingerprint density at radius 3 is 2.94 bits per heavy atom. The third kappa shape index (κ3) is 2.54. The normalized spacial score (nSPS) is 9.94. The molecule has 3 N–H and O–H groups in total. The van der Waals surface area contributed by atoms with Crippen LogP contribution >= 0.6 is 12.2 Å². The Kier molecular flexibility index (Phi) is 3.24. The number of oxazole rings is 1. The van der Waals surface area contributed by atoms with Crippen molar-refractivity contribution in [3.05, 3.63) is 30.8 Å². The van der Waals surface area contributed by atoms with E-state index in [0.29, 0.717) is 11.5 Å². The predicted molar refractivity (Wildman–Crippen MR) is 68.9 cm³/mol. The quantitative estimate of drug-likeness (QED) is 0.811. The van der Waals surface area contributed by atoms with Crippen LogP contribution in [0.25, 0.3) is 11.3 Å². The Hall–Kier alpha value is -2.08. The summed E-state index contributed by atoms with van der Waals surface area (Å²) in [6, 6.07) is 5.47. The van der Waals surface area contributed by atoms with Gasteiger partial charge in [0.25, 0.3) is 0 Å². The van der Waals surface area contributed by atoms with Gasteiger partial charge in [-0.2, -0.15) is 0 Å². The number of benzene rings is 1. The summed E-state index contributed by atoms with van der Waals surface area (Å²) in [5.41, 5.74) is 6.98. The van der Waals surface area contributed by atoms with Gasteiger partial charge < -0.3 is 20.2 Å². The highest BCUT2D eigenvalue weighted by Gasteiger charge is 2.09. The molecule has 0 fully saturated rings. The van der Waals surface area contributed by atoms with Gasteiger partial charge in [0.1, 0.15) is 5.75 Å². The molecule has 5 nitrogen and oxygen atoms in total. The zero-order valence-corrected chi connectivity index (χ0v) is 9.95. The monoisotopic (exact) mass is 249 g/mol. The molecule has 17 heavy (non-hydrogen) atoms. The molecule has 0 amide bonds. The first-order chi connectivity index (χ1) is 8.20. The van der Waals surface area contributed by atoms with Gasteiger partial charge in [0, 0.05) is 11.8 Å². The van der Waals surface area contributed by atoms with Crippen LogP contribution in [0.1, 0.15) is 0 Å². The molecular weight excluding hydrogens is 238 g/mol. The van der Waals surface area contributed by atoms with Crippen molar-refractivity contribution in [1.29, 1.82) is 0 Å². The molecular formula is C11H11N3O2S. The van der Waals surface area contributed by atoms with Gasteiger partial charge >= 0.3 is 0 Å². The second-order valence-electron chi connectivity index (χ2n) is 3.27. The Balaban J connectivity index is 2.38. The smallest absolute Gasteiger partial charge is 0.181 e. The fraction of sp³-hybridized carbons (Fsp3) is 0.0909. The summed E-state index contributed by atoms with van der Waals surface area (Å²) in [6.45, 7) is 0. The summed E-state index contributed by atoms with van der Waals surface area (Å²) in [7, 11) is 1.58. The van der Waals surface area contributed by atoms with E-state index in [4.69, 9.17) is 27.1 Å². The van der Waals surface area contributed by atoms with Gasteiger partial charge in [-0.25, -0.2) is 4.98 Å². The van der Waals surface area contributed by atoms with Gasteiger partial charge in [-0.05, 0) is 24.4 Å². The molecule has 1 aromatic heterocycles. The van der Waals surface area contributed by atoms with E-state index in [1.54, 1.807) is 19.4 Å². The van der Waals surface area contributed by atoms with Crippen LogP contribution in [-0.2, 0) is 0 Å². The van der Waals surface area contributed by atoms with Crippen LogP contribution in [0.4, 0.5) is 5.69 Å². The number of thiocarbonyl (C=S) groups is 1. The van der Waals surface area contributed by atoms with Crippen molar-refractivity contribution in [3.63, 3.8) is 0 Å². The van der Waals surface area contributed by atoms with Crippen LogP contribution in [-0.4, -0.2) is 17.2 Å². The van der Waals surface area contributed by atoms with Gasteiger partial charge in [-0.1, -0.05) is 0 Å². The third-order valence-electron chi connectivity index (χ3n) is 2.17. The predicted octanol–water partition coefficient (Wildman–Crippen LogP) is 2.01. The maximum absolute atomic E-state index is 5.40. The van der Waals surface area contributed by atoms with Crippen molar-refractivity contribution in [2.75, 3.05) is 12.4 Å². The Morgan fingerprint density at radius 2 is 2.35 bits per heavy atom. The third-order valence-corrected chi connectivity index (χ3v) is 2.27. The Morgan fingerprint density at radius 1 is 1.53 bits per heavy atom. The second kappa shape index (κ2) is 4.84. The average Bonchev–Trinajstić information content (AvgIpc) is 2.81. The molecule has 0 spiro atoms. The molecule has 0 saturated heterocycles. The van der Waals surface area contributed by atoms with E-state index < -0.39 is 0 Å². The average molecular weight is 249 g/mol. The zero-order chi connectivity index (χ0) is 12.3. The summed E-state index contributed by atoms with van der Waals surface area (Å²) >= 11 is 4.77. The first-order valence-electron chi connectivity index (χ1n) is 4.84. The fourth-order valence-corrected chi connectivity index (χ4v) is 1.58. The van der Waals surface area contributed by atoms with E-state index in [0.717, 1.165) is 11.3 Å². The Labute approximate surface area is 104 Å². The number of hydrogen-bond acceptors (Lipinski definition) is 4.